The van der Waals surface area contributed by atoms with Crippen LogP contribution >= 0.6 is 22.7 Å². The van der Waals surface area contributed by atoms with Crippen molar-refractivity contribution in [3.05, 3.63) is 32.0 Å². The molecule has 0 radical (unpaired) electrons. The van der Waals surface area contributed by atoms with Crippen molar-refractivity contribution in [1.82, 2.24) is 0 Å². The highest BCUT2D eigenvalue weighted by molar-refractivity contribution is 7.17. The van der Waals surface area contributed by atoms with E-state index in [-0.39, 0.29) is 33.0 Å². The highest BCUT2D eigenvalue weighted by Gasteiger charge is 2.67. The van der Waals surface area contributed by atoms with Crippen LogP contribution in [0.1, 0.15) is 81.1 Å². The summed E-state index contributed by atoms with van der Waals surface area (Å²) in [5, 5.41) is 2.73. The average Bonchev–Trinajstić information content (AvgIpc) is 3.44. The average molecular weight is 603 g/mol. The Kier molecular flexibility index (Phi) is 8.32. The molecule has 0 saturated heterocycles. The van der Waals surface area contributed by atoms with Crippen LogP contribution in [0.15, 0.2) is 0 Å². The van der Waals surface area contributed by atoms with Crippen molar-refractivity contribution in [2.75, 3.05) is 10.6 Å². The summed E-state index contributed by atoms with van der Waals surface area (Å²) in [5.74, 6) is -17.4. The Morgan fingerprint density at radius 2 is 1.10 bits per heavy atom. The van der Waals surface area contributed by atoms with Gasteiger partial charge in [-0.05, 0) is 61.5 Å². The molecule has 4 rings (SSSR count). The molecule has 0 saturated carbocycles. The Balaban J connectivity index is 1.58. The first-order valence-corrected chi connectivity index (χ1v) is 14.6. The topological polar surface area (TPSA) is 144 Å². The van der Waals surface area contributed by atoms with E-state index in [2.05, 4.69) is 0 Å². The van der Waals surface area contributed by atoms with Crippen molar-refractivity contribution >= 4 is 56.3 Å². The first-order chi connectivity index (χ1) is 18.7. The third kappa shape index (κ3) is 5.22. The Morgan fingerprint density at radius 1 is 0.750 bits per heavy atom. The maximum atomic E-state index is 14.9. The van der Waals surface area contributed by atoms with Gasteiger partial charge in [-0.1, -0.05) is 26.7 Å². The predicted octanol–water partition coefficient (Wildman–Crippen LogP) is 4.89. The van der Waals surface area contributed by atoms with Crippen molar-refractivity contribution in [2.45, 2.75) is 77.1 Å². The second-order valence-corrected chi connectivity index (χ2v) is 12.4. The Hall–Kier alpha value is -3.00. The molecule has 2 aliphatic rings. The molecule has 2 atom stereocenters. The van der Waals surface area contributed by atoms with Crippen molar-refractivity contribution in [2.24, 2.45) is 23.3 Å². The molecule has 14 heteroatoms. The minimum absolute atomic E-state index is 0.188. The first-order valence-electron chi connectivity index (χ1n) is 13.0. The normalized spacial score (nSPS) is 18.9. The van der Waals surface area contributed by atoms with Gasteiger partial charge in [0.1, 0.15) is 10.0 Å². The second-order valence-electron chi connectivity index (χ2n) is 10.2. The lowest BCUT2D eigenvalue weighted by Gasteiger charge is -2.24. The van der Waals surface area contributed by atoms with E-state index in [1.807, 2.05) is 13.8 Å². The molecule has 6 N–H and O–H groups in total. The molecule has 4 amide bonds. The van der Waals surface area contributed by atoms with Gasteiger partial charge in [0.2, 0.25) is 0 Å². The molecule has 2 aromatic rings. The molecular weight excluding hydrogens is 572 g/mol. The lowest BCUT2D eigenvalue weighted by atomic mass is 9.85. The highest BCUT2D eigenvalue weighted by Crippen LogP contribution is 2.44. The van der Waals surface area contributed by atoms with Gasteiger partial charge in [0.25, 0.3) is 11.8 Å². The van der Waals surface area contributed by atoms with Gasteiger partial charge in [-0.2, -0.15) is 17.6 Å². The lowest BCUT2D eigenvalue weighted by molar-refractivity contribution is -0.204. The van der Waals surface area contributed by atoms with Crippen molar-refractivity contribution in [1.29, 1.82) is 0 Å². The van der Waals surface area contributed by atoms with Crippen LogP contribution in [-0.4, -0.2) is 35.5 Å². The van der Waals surface area contributed by atoms with E-state index in [4.69, 9.17) is 11.5 Å². The van der Waals surface area contributed by atoms with Crippen LogP contribution < -0.4 is 22.1 Å². The number of nitrogens with one attached hydrogen (secondary N) is 2. The zero-order chi connectivity index (χ0) is 29.6. The van der Waals surface area contributed by atoms with Crippen molar-refractivity contribution < 1.29 is 36.7 Å². The number of nitrogens with two attached hydrogens (primary N) is 2. The number of rotatable bonds is 9. The van der Waals surface area contributed by atoms with E-state index in [1.54, 1.807) is 10.6 Å². The summed E-state index contributed by atoms with van der Waals surface area (Å²) >= 11 is 1.67. The smallest absolute Gasteiger partial charge is 0.365 e. The molecule has 0 aromatic carbocycles. The van der Waals surface area contributed by atoms with Gasteiger partial charge in [-0.25, -0.2) is 0 Å². The van der Waals surface area contributed by atoms with Gasteiger partial charge in [-0.15, -0.1) is 22.7 Å². The van der Waals surface area contributed by atoms with Crippen LogP contribution in [0.3, 0.4) is 0 Å². The van der Waals surface area contributed by atoms with Crippen LogP contribution in [0, 0.1) is 11.8 Å². The summed E-state index contributed by atoms with van der Waals surface area (Å²) in [6, 6.07) is 0. The fourth-order valence-corrected chi connectivity index (χ4v) is 8.08. The zero-order valence-electron chi connectivity index (χ0n) is 21.9. The number of carbonyl (C=O) groups is 4. The molecule has 2 aliphatic carbocycles. The molecule has 40 heavy (non-hydrogen) atoms. The van der Waals surface area contributed by atoms with Gasteiger partial charge in [0, 0.05) is 9.75 Å². The minimum Gasteiger partial charge on any atom is -0.365 e. The van der Waals surface area contributed by atoms with E-state index in [0.29, 0.717) is 46.6 Å². The number of halogens is 4. The quantitative estimate of drug-likeness (QED) is 0.303. The van der Waals surface area contributed by atoms with Crippen LogP contribution in [0.25, 0.3) is 0 Å². The number of carbonyl (C=O) groups excluding carboxylic acids is 4. The minimum atomic E-state index is -5.51. The lowest BCUT2D eigenvalue weighted by Crippen LogP contribution is -2.56. The first kappa shape index (κ1) is 30.0. The van der Waals surface area contributed by atoms with Gasteiger partial charge < -0.3 is 22.1 Å². The number of alkyl halides is 4. The third-order valence-corrected chi connectivity index (χ3v) is 10.1. The number of anilines is 2. The predicted molar refractivity (Wildman–Crippen MR) is 144 cm³/mol. The molecule has 2 heterocycles. The van der Waals surface area contributed by atoms with Gasteiger partial charge in [0.15, 0.2) is 0 Å². The SMILES string of the molecule is CCC1CCc2c(sc(NC(=O)C(F)(F)C(F)(F)C(=O)Nc3sc4c(c3C(N)=O)CCC(CC)C4)c2C(N)=O)C1. The number of thiophene rings is 2. The number of hydrogen-bond donors (Lipinski definition) is 4. The third-order valence-electron chi connectivity index (χ3n) is 7.80. The van der Waals surface area contributed by atoms with Gasteiger partial charge in [-0.3, -0.25) is 19.2 Å². The van der Waals surface area contributed by atoms with Crippen LogP contribution in [0.5, 0.6) is 0 Å². The van der Waals surface area contributed by atoms with Gasteiger partial charge in [0.05, 0.1) is 11.1 Å². The maximum Gasteiger partial charge on any atom is 0.396 e. The largest absolute Gasteiger partial charge is 0.396 e. The zero-order valence-corrected chi connectivity index (χ0v) is 23.6. The molecular formula is C26H30F4N4O4S2. The number of hydrogen-bond acceptors (Lipinski definition) is 6. The molecule has 0 fully saturated rings. The molecule has 2 aromatic heterocycles. The van der Waals surface area contributed by atoms with Crippen LogP contribution in [0.4, 0.5) is 27.6 Å². The van der Waals surface area contributed by atoms with Crippen LogP contribution in [0.2, 0.25) is 0 Å². The fourth-order valence-electron chi connectivity index (χ4n) is 5.35. The highest BCUT2D eigenvalue weighted by atomic mass is 32.1. The summed E-state index contributed by atoms with van der Waals surface area (Å²) in [5.41, 5.74) is 11.5. The monoisotopic (exact) mass is 602 g/mol. The Bertz CT molecular complexity index is 1270. The van der Waals surface area contributed by atoms with Gasteiger partial charge >= 0.3 is 23.7 Å². The van der Waals surface area contributed by atoms with Crippen molar-refractivity contribution in [3.8, 4) is 0 Å². The Morgan fingerprint density at radius 3 is 1.40 bits per heavy atom. The summed E-state index contributed by atoms with van der Waals surface area (Å²) in [4.78, 5) is 50.6. The van der Waals surface area contributed by atoms with E-state index >= 15 is 0 Å². The molecule has 0 spiro atoms. The van der Waals surface area contributed by atoms with E-state index in [1.165, 1.54) is 0 Å². The summed E-state index contributed by atoms with van der Waals surface area (Å²) in [6.07, 6.45) is 5.06. The fraction of sp³-hybridized carbons (Fsp3) is 0.538. The number of primary amides is 2. The number of amides is 4. The van der Waals surface area contributed by atoms with Crippen LogP contribution in [-0.2, 0) is 35.3 Å². The molecule has 2 unspecified atom stereocenters. The van der Waals surface area contributed by atoms with Crippen molar-refractivity contribution in [3.63, 3.8) is 0 Å². The van der Waals surface area contributed by atoms with E-state index in [0.717, 1.165) is 48.4 Å². The molecule has 0 aliphatic heterocycles. The summed E-state index contributed by atoms with van der Waals surface area (Å²) < 4.78 is 59.7. The Labute approximate surface area is 235 Å². The summed E-state index contributed by atoms with van der Waals surface area (Å²) in [7, 11) is 0. The number of fused-ring (bicyclic) bond motifs is 2. The molecule has 218 valence electrons. The maximum absolute atomic E-state index is 14.9. The standard InChI is InChI=1S/C26H30F4N4O4S2/c1-3-11-5-7-13-15(9-11)39-21(17(13)19(31)35)33-23(37)25(27,28)26(29,30)24(38)34-22-18(20(32)36)14-8-6-12(4-2)10-16(14)40-22/h11-12H,3-10H2,1-2H3,(H2,31,35)(H2,32,36)(H,33,37)(H,34,38). The van der Waals surface area contributed by atoms with E-state index < -0.39 is 35.5 Å². The second kappa shape index (κ2) is 11.1. The van der Waals surface area contributed by atoms with E-state index in [9.17, 15) is 36.7 Å². The molecule has 8 nitrogen and oxygen atoms in total. The molecule has 0 bridgehead atoms. The summed E-state index contributed by atoms with van der Waals surface area (Å²) in [6.45, 7) is 3.96.